The number of piperazine rings is 1. The monoisotopic (exact) mass is 409 g/mol. The van der Waals surface area contributed by atoms with Gasteiger partial charge in [-0.15, -0.1) is 0 Å². The third-order valence-electron chi connectivity index (χ3n) is 5.98. The maximum Gasteiger partial charge on any atom is 0.407 e. The van der Waals surface area contributed by atoms with Gasteiger partial charge < -0.3 is 24.0 Å². The quantitative estimate of drug-likeness (QED) is 0.695. The molecule has 4 rings (SSSR count). The number of nitrogens with zero attached hydrogens (tertiary/aromatic N) is 3. The Morgan fingerprint density at radius 1 is 1.10 bits per heavy atom. The summed E-state index contributed by atoms with van der Waals surface area (Å²) in [4.78, 5) is 28.7. The number of hydrogen-bond acceptors (Lipinski definition) is 3. The van der Waals surface area contributed by atoms with Crippen LogP contribution >= 0.6 is 0 Å². The molecule has 0 saturated carbocycles. The van der Waals surface area contributed by atoms with Crippen molar-refractivity contribution in [3.8, 4) is 5.75 Å². The maximum absolute atomic E-state index is 13.7. The molecule has 1 N–H and O–H groups in total. The SMILES string of the molecule is COc1ccc2c(C(=O)N3CCN(C(=O)O)C(C(C)(C)C)C3)c3ccccn3c2c1. The molecule has 158 valence electrons. The molecular weight excluding hydrogens is 382 g/mol. The molecule has 0 spiro atoms. The number of aromatic nitrogens is 1. The Labute approximate surface area is 175 Å². The molecule has 1 saturated heterocycles. The van der Waals surface area contributed by atoms with E-state index in [-0.39, 0.29) is 17.4 Å². The Hall–Kier alpha value is -3.22. The van der Waals surface area contributed by atoms with Gasteiger partial charge in [-0.3, -0.25) is 4.79 Å². The van der Waals surface area contributed by atoms with E-state index in [2.05, 4.69) is 0 Å². The van der Waals surface area contributed by atoms with Gasteiger partial charge in [0.1, 0.15) is 5.75 Å². The lowest BCUT2D eigenvalue weighted by atomic mass is 9.84. The van der Waals surface area contributed by atoms with E-state index in [9.17, 15) is 14.7 Å². The third kappa shape index (κ3) is 3.24. The van der Waals surface area contributed by atoms with Gasteiger partial charge in [0.05, 0.1) is 29.7 Å². The zero-order chi connectivity index (χ0) is 21.6. The molecule has 7 heteroatoms. The first-order valence-electron chi connectivity index (χ1n) is 10.1. The molecule has 30 heavy (non-hydrogen) atoms. The van der Waals surface area contributed by atoms with Gasteiger partial charge >= 0.3 is 6.09 Å². The summed E-state index contributed by atoms with van der Waals surface area (Å²) in [5.74, 6) is 0.658. The molecule has 2 amide bonds. The second kappa shape index (κ2) is 7.23. The Kier molecular flexibility index (Phi) is 4.84. The minimum absolute atomic E-state index is 0.0712. The van der Waals surface area contributed by atoms with Gasteiger partial charge in [0.2, 0.25) is 0 Å². The molecule has 0 aliphatic carbocycles. The van der Waals surface area contributed by atoms with Crippen molar-refractivity contribution < 1.29 is 19.4 Å². The topological polar surface area (TPSA) is 74.5 Å². The van der Waals surface area contributed by atoms with E-state index in [1.807, 2.05) is 67.8 Å². The zero-order valence-electron chi connectivity index (χ0n) is 17.8. The number of methoxy groups -OCH3 is 1. The predicted molar refractivity (Wildman–Crippen MR) is 115 cm³/mol. The normalized spacial score (nSPS) is 17.5. The van der Waals surface area contributed by atoms with E-state index in [1.165, 1.54) is 4.90 Å². The lowest BCUT2D eigenvalue weighted by Crippen LogP contribution is -2.60. The van der Waals surface area contributed by atoms with Gasteiger partial charge in [-0.05, 0) is 29.7 Å². The number of pyridine rings is 1. The summed E-state index contributed by atoms with van der Waals surface area (Å²) in [6.07, 6.45) is 1.00. The lowest BCUT2D eigenvalue weighted by Gasteiger charge is -2.45. The van der Waals surface area contributed by atoms with Crippen molar-refractivity contribution in [3.63, 3.8) is 0 Å². The zero-order valence-corrected chi connectivity index (χ0v) is 17.8. The summed E-state index contributed by atoms with van der Waals surface area (Å²) in [5.41, 5.74) is 2.10. The van der Waals surface area contributed by atoms with E-state index >= 15 is 0 Å². The van der Waals surface area contributed by atoms with Gasteiger partial charge in [0, 0.05) is 37.3 Å². The molecule has 1 aliphatic rings. The third-order valence-corrected chi connectivity index (χ3v) is 5.98. The largest absolute Gasteiger partial charge is 0.497 e. The van der Waals surface area contributed by atoms with Crippen LogP contribution in [0.1, 0.15) is 31.1 Å². The molecule has 1 unspecified atom stereocenters. The molecule has 3 aromatic rings. The Morgan fingerprint density at radius 2 is 1.87 bits per heavy atom. The number of carboxylic acid groups (broad SMARTS) is 1. The molecule has 0 bridgehead atoms. The molecule has 2 aromatic heterocycles. The van der Waals surface area contributed by atoms with Crippen LogP contribution in [-0.2, 0) is 0 Å². The highest BCUT2D eigenvalue weighted by atomic mass is 16.5. The van der Waals surface area contributed by atoms with Gasteiger partial charge in [-0.1, -0.05) is 26.8 Å². The minimum atomic E-state index is -0.936. The van der Waals surface area contributed by atoms with Gasteiger partial charge in [0.25, 0.3) is 5.91 Å². The predicted octanol–water partition coefficient (Wildman–Crippen LogP) is 3.95. The van der Waals surface area contributed by atoms with Crippen molar-refractivity contribution in [3.05, 3.63) is 48.2 Å². The van der Waals surface area contributed by atoms with Crippen molar-refractivity contribution in [2.75, 3.05) is 26.7 Å². The van der Waals surface area contributed by atoms with Crippen molar-refractivity contribution in [2.24, 2.45) is 5.41 Å². The van der Waals surface area contributed by atoms with E-state index in [1.54, 1.807) is 12.0 Å². The van der Waals surface area contributed by atoms with Crippen LogP contribution in [0.25, 0.3) is 16.4 Å². The number of fused-ring (bicyclic) bond motifs is 3. The summed E-state index contributed by atoms with van der Waals surface area (Å²) in [6.45, 7) is 7.08. The summed E-state index contributed by atoms with van der Waals surface area (Å²) in [6, 6.07) is 11.2. The van der Waals surface area contributed by atoms with Crippen LogP contribution < -0.4 is 4.74 Å². The standard InChI is InChI=1S/C23H27N3O4/c1-23(2,3)19-14-24(11-12-26(19)22(28)29)21(27)20-16-9-8-15(30-4)13-18(16)25-10-6-5-7-17(20)25/h5-10,13,19H,11-12,14H2,1-4H3,(H,28,29). The summed E-state index contributed by atoms with van der Waals surface area (Å²) >= 11 is 0. The fraction of sp³-hybridized carbons (Fsp3) is 0.391. The number of carbonyl (C=O) groups excluding carboxylic acids is 1. The fourth-order valence-electron chi connectivity index (χ4n) is 4.36. The van der Waals surface area contributed by atoms with Gasteiger partial charge in [-0.2, -0.15) is 0 Å². The molecule has 3 heterocycles. The Morgan fingerprint density at radius 3 is 2.53 bits per heavy atom. The number of benzene rings is 1. The Bertz CT molecular complexity index is 1130. The van der Waals surface area contributed by atoms with E-state index in [4.69, 9.17) is 4.74 Å². The molecule has 1 aromatic carbocycles. The summed E-state index contributed by atoms with van der Waals surface area (Å²) in [7, 11) is 1.62. The highest BCUT2D eigenvalue weighted by Crippen LogP contribution is 2.33. The van der Waals surface area contributed by atoms with Crippen LogP contribution in [-0.4, -0.2) is 64.1 Å². The maximum atomic E-state index is 13.7. The van der Waals surface area contributed by atoms with Crippen LogP contribution in [0, 0.1) is 5.41 Å². The number of amides is 2. The van der Waals surface area contributed by atoms with Crippen LogP contribution in [0.15, 0.2) is 42.6 Å². The van der Waals surface area contributed by atoms with Crippen molar-refractivity contribution >= 4 is 28.4 Å². The second-order valence-corrected chi connectivity index (χ2v) is 8.82. The smallest absolute Gasteiger partial charge is 0.407 e. The summed E-state index contributed by atoms with van der Waals surface area (Å²) in [5, 5.41) is 10.5. The second-order valence-electron chi connectivity index (χ2n) is 8.82. The van der Waals surface area contributed by atoms with Crippen LogP contribution in [0.4, 0.5) is 4.79 Å². The van der Waals surface area contributed by atoms with Crippen molar-refractivity contribution in [2.45, 2.75) is 26.8 Å². The van der Waals surface area contributed by atoms with Crippen LogP contribution in [0.2, 0.25) is 0 Å². The van der Waals surface area contributed by atoms with Crippen molar-refractivity contribution in [1.29, 1.82) is 0 Å². The van der Waals surface area contributed by atoms with E-state index < -0.39 is 6.09 Å². The highest BCUT2D eigenvalue weighted by molar-refractivity contribution is 6.14. The molecule has 1 atom stereocenters. The van der Waals surface area contributed by atoms with Crippen molar-refractivity contribution in [1.82, 2.24) is 14.2 Å². The number of rotatable bonds is 2. The average Bonchev–Trinajstić information content (AvgIpc) is 3.05. The van der Waals surface area contributed by atoms with E-state index in [0.717, 1.165) is 22.2 Å². The lowest BCUT2D eigenvalue weighted by molar-refractivity contribution is 0.0200. The first-order valence-corrected chi connectivity index (χ1v) is 10.1. The average molecular weight is 409 g/mol. The number of hydrogen-bond donors (Lipinski definition) is 1. The molecule has 7 nitrogen and oxygen atoms in total. The summed E-state index contributed by atoms with van der Waals surface area (Å²) < 4.78 is 7.37. The molecule has 1 aliphatic heterocycles. The number of ether oxygens (including phenoxy) is 1. The van der Waals surface area contributed by atoms with Gasteiger partial charge in [-0.25, -0.2) is 4.79 Å². The van der Waals surface area contributed by atoms with Crippen LogP contribution in [0.5, 0.6) is 5.75 Å². The molecular formula is C23H27N3O4. The minimum Gasteiger partial charge on any atom is -0.497 e. The molecule has 0 radical (unpaired) electrons. The van der Waals surface area contributed by atoms with Crippen LogP contribution in [0.3, 0.4) is 0 Å². The van der Waals surface area contributed by atoms with Gasteiger partial charge in [0.15, 0.2) is 0 Å². The fourth-order valence-corrected chi connectivity index (χ4v) is 4.36. The Balaban J connectivity index is 1.79. The molecule has 1 fully saturated rings. The van der Waals surface area contributed by atoms with E-state index in [0.29, 0.717) is 25.2 Å². The first kappa shape index (κ1) is 20.1. The first-order chi connectivity index (χ1) is 14.2. The number of carbonyl (C=O) groups is 2. The highest BCUT2D eigenvalue weighted by Gasteiger charge is 2.40.